The molecule has 2 aromatic heterocycles. The lowest BCUT2D eigenvalue weighted by atomic mass is 9.30. The minimum Gasteiger partial charge on any atom is -0.310 e. The minimum atomic E-state index is -0.0663. The average molecular weight is 534 g/mol. The first-order valence-corrected chi connectivity index (χ1v) is 14.9. The van der Waals surface area contributed by atoms with Crippen molar-refractivity contribution in [3.8, 4) is 11.4 Å². The van der Waals surface area contributed by atoms with Crippen molar-refractivity contribution in [2.45, 2.75) is 19.3 Å². The summed E-state index contributed by atoms with van der Waals surface area (Å²) < 4.78 is 5.01. The maximum Gasteiger partial charge on any atom is 0.247 e. The molecule has 0 unspecified atom stereocenters. The van der Waals surface area contributed by atoms with Crippen LogP contribution in [0.5, 0.6) is 0 Å². The molecule has 0 radical (unpaired) electrons. The zero-order chi connectivity index (χ0) is 27.7. The van der Waals surface area contributed by atoms with Gasteiger partial charge in [0.1, 0.15) is 0 Å². The van der Waals surface area contributed by atoms with Gasteiger partial charge in [0.25, 0.3) is 0 Å². The Morgan fingerprint density at radius 1 is 0.500 bits per heavy atom. The highest BCUT2D eigenvalue weighted by molar-refractivity contribution is 6.99. The molecule has 0 bridgehead atoms. The van der Waals surface area contributed by atoms with E-state index in [0.717, 1.165) is 0 Å². The standard InChI is InChI=1S/C39H27BN2/c1-39(2)27-16-7-8-18-29(27)40-30-19-10-15-26-36-33(42(38(26)30)34-21-11-17-28(39)37(34)40)23-22-32-35(36)25-14-6-9-20-31(25)41(32)24-12-4-3-5-13-24/h3-23H,1-2H3. The van der Waals surface area contributed by atoms with Crippen molar-refractivity contribution >= 4 is 66.7 Å². The summed E-state index contributed by atoms with van der Waals surface area (Å²) in [6.07, 6.45) is 0. The summed E-state index contributed by atoms with van der Waals surface area (Å²) in [6.45, 7) is 5.01. The Hall–Kier alpha value is -5.02. The number of fused-ring (bicyclic) bond motifs is 11. The van der Waals surface area contributed by atoms with Crippen LogP contribution >= 0.6 is 0 Å². The van der Waals surface area contributed by atoms with Crippen LogP contribution in [0.4, 0.5) is 0 Å². The predicted octanol–water partition coefficient (Wildman–Crippen LogP) is 7.35. The summed E-state index contributed by atoms with van der Waals surface area (Å²) in [5.41, 5.74) is 14.8. The van der Waals surface area contributed by atoms with Crippen molar-refractivity contribution in [1.29, 1.82) is 0 Å². The van der Waals surface area contributed by atoms with Crippen molar-refractivity contribution < 1.29 is 0 Å². The van der Waals surface area contributed by atoms with Crippen LogP contribution in [0.25, 0.3) is 55.0 Å². The van der Waals surface area contributed by atoms with E-state index in [-0.39, 0.29) is 12.1 Å². The molecule has 10 rings (SSSR count). The van der Waals surface area contributed by atoms with Crippen LogP contribution in [0.2, 0.25) is 0 Å². The molecular weight excluding hydrogens is 507 g/mol. The van der Waals surface area contributed by atoms with Gasteiger partial charge in [-0.25, -0.2) is 0 Å². The van der Waals surface area contributed by atoms with Gasteiger partial charge in [0.15, 0.2) is 0 Å². The Kier molecular flexibility index (Phi) is 4.11. The molecule has 2 aliphatic heterocycles. The van der Waals surface area contributed by atoms with E-state index in [9.17, 15) is 0 Å². The fourth-order valence-electron chi connectivity index (χ4n) is 8.52. The predicted molar refractivity (Wildman–Crippen MR) is 178 cm³/mol. The molecule has 4 heterocycles. The molecule has 2 aliphatic rings. The first-order chi connectivity index (χ1) is 20.6. The highest BCUT2D eigenvalue weighted by Gasteiger charge is 2.44. The number of para-hydroxylation sites is 3. The Bertz CT molecular complexity index is 2440. The molecule has 0 atom stereocenters. The summed E-state index contributed by atoms with van der Waals surface area (Å²) in [6, 6.07) is 47.5. The first kappa shape index (κ1) is 22.6. The maximum atomic E-state index is 2.58. The van der Waals surface area contributed by atoms with E-state index in [1.54, 1.807) is 0 Å². The molecular formula is C39H27BN2. The van der Waals surface area contributed by atoms with Gasteiger partial charge >= 0.3 is 0 Å². The summed E-state index contributed by atoms with van der Waals surface area (Å²) >= 11 is 0. The van der Waals surface area contributed by atoms with Crippen LogP contribution in [-0.4, -0.2) is 15.8 Å². The molecule has 0 amide bonds. The van der Waals surface area contributed by atoms with Crippen molar-refractivity contribution in [3.63, 3.8) is 0 Å². The van der Waals surface area contributed by atoms with Crippen LogP contribution in [0.15, 0.2) is 127 Å². The third kappa shape index (κ3) is 2.55. The molecule has 0 saturated carbocycles. The molecule has 8 aromatic rings. The Morgan fingerprint density at radius 3 is 2.02 bits per heavy atom. The second-order valence-electron chi connectivity index (χ2n) is 12.5. The average Bonchev–Trinajstić information content (AvgIpc) is 3.55. The van der Waals surface area contributed by atoms with E-state index >= 15 is 0 Å². The molecule has 0 saturated heterocycles. The summed E-state index contributed by atoms with van der Waals surface area (Å²) in [7, 11) is 0. The SMILES string of the molecule is CC1(C)c2ccccc2B2c3c(cccc31)-n1c3ccc4c(c5ccccc5n4-c4ccccc4)c3c3cccc2c31. The van der Waals surface area contributed by atoms with Gasteiger partial charge in [0.05, 0.1) is 16.6 Å². The normalized spacial score (nSPS) is 14.6. The van der Waals surface area contributed by atoms with E-state index < -0.39 is 0 Å². The fraction of sp³-hybridized carbons (Fsp3) is 0.0769. The fourth-order valence-corrected chi connectivity index (χ4v) is 8.52. The van der Waals surface area contributed by atoms with Crippen LogP contribution < -0.4 is 16.4 Å². The maximum absolute atomic E-state index is 2.58. The van der Waals surface area contributed by atoms with Crippen molar-refractivity contribution in [1.82, 2.24) is 9.13 Å². The van der Waals surface area contributed by atoms with Gasteiger partial charge in [-0.1, -0.05) is 110 Å². The minimum absolute atomic E-state index is 0.0663. The third-order valence-electron chi connectivity index (χ3n) is 10.2. The molecule has 0 fully saturated rings. The van der Waals surface area contributed by atoms with E-state index in [0.29, 0.717) is 0 Å². The quantitative estimate of drug-likeness (QED) is 0.195. The van der Waals surface area contributed by atoms with Gasteiger partial charge in [-0.15, -0.1) is 0 Å². The van der Waals surface area contributed by atoms with Crippen molar-refractivity contribution in [3.05, 3.63) is 139 Å². The van der Waals surface area contributed by atoms with Crippen LogP contribution in [0.1, 0.15) is 25.0 Å². The lowest BCUT2D eigenvalue weighted by Gasteiger charge is -2.41. The van der Waals surface area contributed by atoms with E-state index in [2.05, 4.69) is 150 Å². The van der Waals surface area contributed by atoms with E-state index in [4.69, 9.17) is 0 Å². The third-order valence-corrected chi connectivity index (χ3v) is 10.2. The second kappa shape index (κ2) is 7.63. The van der Waals surface area contributed by atoms with Gasteiger partial charge < -0.3 is 9.13 Å². The molecule has 0 N–H and O–H groups in total. The molecule has 196 valence electrons. The van der Waals surface area contributed by atoms with Crippen LogP contribution in [0.3, 0.4) is 0 Å². The zero-order valence-corrected chi connectivity index (χ0v) is 23.6. The largest absolute Gasteiger partial charge is 0.310 e. The van der Waals surface area contributed by atoms with Gasteiger partial charge in [-0.2, -0.15) is 0 Å². The number of hydrogen-bond acceptors (Lipinski definition) is 0. The Labute approximate surface area is 244 Å². The Balaban J connectivity index is 1.43. The summed E-state index contributed by atoms with van der Waals surface area (Å²) in [5, 5.41) is 5.31. The molecule has 2 nitrogen and oxygen atoms in total. The first-order valence-electron chi connectivity index (χ1n) is 14.9. The smallest absolute Gasteiger partial charge is 0.247 e. The monoisotopic (exact) mass is 534 g/mol. The van der Waals surface area contributed by atoms with Crippen LogP contribution in [0, 0.1) is 0 Å². The highest BCUT2D eigenvalue weighted by atomic mass is 15.0. The number of hydrogen-bond donors (Lipinski definition) is 0. The van der Waals surface area contributed by atoms with Crippen molar-refractivity contribution in [2.75, 3.05) is 0 Å². The second-order valence-corrected chi connectivity index (χ2v) is 12.5. The summed E-state index contributed by atoms with van der Waals surface area (Å²) in [4.78, 5) is 0. The molecule has 3 heteroatoms. The number of benzene rings is 6. The van der Waals surface area contributed by atoms with E-state index in [1.807, 2.05) is 0 Å². The highest BCUT2D eigenvalue weighted by Crippen LogP contribution is 2.44. The number of rotatable bonds is 1. The van der Waals surface area contributed by atoms with Gasteiger partial charge in [-0.3, -0.25) is 0 Å². The van der Waals surface area contributed by atoms with Crippen molar-refractivity contribution in [2.24, 2.45) is 0 Å². The Morgan fingerprint density at radius 2 is 1.14 bits per heavy atom. The topological polar surface area (TPSA) is 9.86 Å². The van der Waals surface area contributed by atoms with Crippen LogP contribution in [-0.2, 0) is 5.41 Å². The molecule has 42 heavy (non-hydrogen) atoms. The number of nitrogens with zero attached hydrogens (tertiary/aromatic N) is 2. The van der Waals surface area contributed by atoms with E-state index in [1.165, 1.54) is 82.5 Å². The molecule has 0 aliphatic carbocycles. The molecule has 0 spiro atoms. The lowest BCUT2D eigenvalue weighted by molar-refractivity contribution is 0.645. The van der Waals surface area contributed by atoms with Gasteiger partial charge in [-0.05, 0) is 58.5 Å². The number of aromatic nitrogens is 2. The lowest BCUT2D eigenvalue weighted by Crippen LogP contribution is -2.63. The van der Waals surface area contributed by atoms with Gasteiger partial charge in [0.2, 0.25) is 6.71 Å². The zero-order valence-electron chi connectivity index (χ0n) is 23.6. The summed E-state index contributed by atoms with van der Waals surface area (Å²) in [5.74, 6) is 0. The van der Waals surface area contributed by atoms with Gasteiger partial charge in [0, 0.05) is 43.9 Å². The molecule has 6 aromatic carbocycles.